The zero-order chi connectivity index (χ0) is 24.9. The van der Waals surface area contributed by atoms with Crippen LogP contribution in [0.15, 0.2) is 28.2 Å². The number of nitro groups is 1. The van der Waals surface area contributed by atoms with Gasteiger partial charge in [-0.2, -0.15) is 9.41 Å². The van der Waals surface area contributed by atoms with E-state index < -0.39 is 26.6 Å². The number of nitro benzene ring substituents is 1. The number of rotatable bonds is 10. The molecular weight excluding hydrogens is 450 g/mol. The SMILES string of the molecule is CCOC(=O)c1c(C)[nH]c(C(C)=NNc2ccc(S(=O)(=O)N(CC)CC)cc2[N+](=O)[O-])c1C. The van der Waals surface area contributed by atoms with Gasteiger partial charge in [0.05, 0.1) is 33.4 Å². The second kappa shape index (κ2) is 10.6. The molecule has 1 heterocycles. The van der Waals surface area contributed by atoms with Gasteiger partial charge >= 0.3 is 5.97 Å². The van der Waals surface area contributed by atoms with Gasteiger partial charge in [0.15, 0.2) is 0 Å². The Labute approximate surface area is 193 Å². The van der Waals surface area contributed by atoms with Crippen molar-refractivity contribution >= 4 is 33.1 Å². The van der Waals surface area contributed by atoms with Crippen LogP contribution in [0.3, 0.4) is 0 Å². The minimum atomic E-state index is -3.85. The molecule has 0 amide bonds. The van der Waals surface area contributed by atoms with Crippen molar-refractivity contribution in [1.82, 2.24) is 9.29 Å². The fraction of sp³-hybridized carbons (Fsp3) is 0.429. The predicted octanol–water partition coefficient (Wildman–Crippen LogP) is 3.58. The van der Waals surface area contributed by atoms with Crippen LogP contribution in [0.5, 0.6) is 0 Å². The summed E-state index contributed by atoms with van der Waals surface area (Å²) in [5.74, 6) is -0.448. The summed E-state index contributed by atoms with van der Waals surface area (Å²) in [6.45, 7) is 11.0. The monoisotopic (exact) mass is 479 g/mol. The highest BCUT2D eigenvalue weighted by Crippen LogP contribution is 2.29. The summed E-state index contributed by atoms with van der Waals surface area (Å²) >= 11 is 0. The summed E-state index contributed by atoms with van der Waals surface area (Å²) in [5, 5.41) is 15.8. The van der Waals surface area contributed by atoms with Gasteiger partial charge in [-0.3, -0.25) is 15.5 Å². The zero-order valence-corrected chi connectivity index (χ0v) is 20.4. The van der Waals surface area contributed by atoms with Crippen molar-refractivity contribution in [2.45, 2.75) is 46.4 Å². The molecule has 0 radical (unpaired) electrons. The Hall–Kier alpha value is -3.25. The average Bonchev–Trinajstić information content (AvgIpc) is 3.06. The highest BCUT2D eigenvalue weighted by atomic mass is 32.2. The number of nitrogens with one attached hydrogen (secondary N) is 2. The number of hydrogen-bond acceptors (Lipinski definition) is 8. The number of carbonyl (C=O) groups excluding carboxylic acids is 1. The van der Waals surface area contributed by atoms with Gasteiger partial charge in [-0.1, -0.05) is 13.8 Å². The highest BCUT2D eigenvalue weighted by Gasteiger charge is 2.26. The maximum Gasteiger partial charge on any atom is 0.340 e. The molecule has 0 unspecified atom stereocenters. The molecule has 0 aliphatic rings. The normalized spacial score (nSPS) is 12.2. The lowest BCUT2D eigenvalue weighted by atomic mass is 10.1. The number of sulfonamides is 1. The van der Waals surface area contributed by atoms with Crippen molar-refractivity contribution < 1.29 is 22.9 Å². The number of anilines is 1. The summed E-state index contributed by atoms with van der Waals surface area (Å²) in [7, 11) is -3.85. The molecule has 0 fully saturated rings. The Morgan fingerprint density at radius 1 is 1.24 bits per heavy atom. The van der Waals surface area contributed by atoms with E-state index in [0.29, 0.717) is 28.2 Å². The van der Waals surface area contributed by atoms with Gasteiger partial charge in [0.25, 0.3) is 5.69 Å². The van der Waals surface area contributed by atoms with E-state index in [4.69, 9.17) is 4.74 Å². The number of H-pyrrole nitrogens is 1. The second-order valence-corrected chi connectivity index (χ2v) is 9.12. The van der Waals surface area contributed by atoms with Crippen LogP contribution in [-0.4, -0.2) is 54.0 Å². The second-order valence-electron chi connectivity index (χ2n) is 7.18. The van der Waals surface area contributed by atoms with Crippen LogP contribution in [0.2, 0.25) is 0 Å². The van der Waals surface area contributed by atoms with Gasteiger partial charge in [0.2, 0.25) is 10.0 Å². The number of nitrogens with zero attached hydrogens (tertiary/aromatic N) is 3. The summed E-state index contributed by atoms with van der Waals surface area (Å²) in [6.07, 6.45) is 0. The number of aromatic amines is 1. The number of esters is 1. The molecule has 0 atom stereocenters. The van der Waals surface area contributed by atoms with E-state index in [2.05, 4.69) is 15.5 Å². The molecule has 1 aromatic heterocycles. The van der Waals surface area contributed by atoms with Gasteiger partial charge in [0.1, 0.15) is 5.69 Å². The molecule has 33 heavy (non-hydrogen) atoms. The summed E-state index contributed by atoms with van der Waals surface area (Å²) in [5.41, 5.74) is 4.94. The van der Waals surface area contributed by atoms with E-state index in [0.717, 1.165) is 6.07 Å². The van der Waals surface area contributed by atoms with Crippen LogP contribution in [0.4, 0.5) is 11.4 Å². The molecule has 0 aliphatic carbocycles. The van der Waals surface area contributed by atoms with E-state index >= 15 is 0 Å². The molecule has 2 aromatic rings. The number of aromatic nitrogens is 1. The van der Waals surface area contributed by atoms with Gasteiger partial charge in [0, 0.05) is 24.8 Å². The van der Waals surface area contributed by atoms with E-state index in [9.17, 15) is 23.3 Å². The lowest BCUT2D eigenvalue weighted by Gasteiger charge is -2.18. The maximum atomic E-state index is 12.7. The maximum absolute atomic E-state index is 12.7. The topological polar surface area (TPSA) is 147 Å². The standard InChI is InChI=1S/C21H29N5O6S/c1-7-25(8-2)33(30,31)16-10-11-17(18(12-16)26(28)29)24-23-15(6)20-13(4)19(14(5)22-20)21(27)32-9-3/h10-12,22,24H,7-9H2,1-6H3. The Balaban J connectivity index is 2.41. The summed E-state index contributed by atoms with van der Waals surface area (Å²) in [4.78, 5) is 26.1. The van der Waals surface area contributed by atoms with Crippen molar-refractivity contribution in [2.75, 3.05) is 25.1 Å². The smallest absolute Gasteiger partial charge is 0.340 e. The fourth-order valence-corrected chi connectivity index (χ4v) is 4.93. The minimum absolute atomic E-state index is 0.0318. The Morgan fingerprint density at radius 3 is 2.42 bits per heavy atom. The molecule has 180 valence electrons. The molecule has 0 bridgehead atoms. The van der Waals surface area contributed by atoms with Gasteiger partial charge in [-0.05, 0) is 45.4 Å². The van der Waals surface area contributed by atoms with Crippen molar-refractivity contribution in [3.63, 3.8) is 0 Å². The molecule has 2 N–H and O–H groups in total. The highest BCUT2D eigenvalue weighted by molar-refractivity contribution is 7.89. The first-order valence-electron chi connectivity index (χ1n) is 10.4. The molecular formula is C21H29N5O6S. The van der Waals surface area contributed by atoms with Gasteiger partial charge in [-0.15, -0.1) is 0 Å². The van der Waals surface area contributed by atoms with Gasteiger partial charge in [-0.25, -0.2) is 13.2 Å². The molecule has 0 spiro atoms. The first kappa shape index (κ1) is 26.0. The summed E-state index contributed by atoms with van der Waals surface area (Å²) in [6, 6.07) is 3.63. The van der Waals surface area contributed by atoms with E-state index in [1.54, 1.807) is 41.5 Å². The van der Waals surface area contributed by atoms with E-state index in [1.807, 2.05) is 0 Å². The zero-order valence-electron chi connectivity index (χ0n) is 19.6. The number of benzene rings is 1. The number of ether oxygens (including phenoxy) is 1. The lowest BCUT2D eigenvalue weighted by molar-refractivity contribution is -0.384. The quantitative estimate of drug-likeness (QED) is 0.229. The van der Waals surface area contributed by atoms with Gasteiger partial charge < -0.3 is 9.72 Å². The summed E-state index contributed by atoms with van der Waals surface area (Å²) < 4.78 is 31.7. The number of hydrazone groups is 1. The number of carbonyl (C=O) groups is 1. The Bertz CT molecular complexity index is 1180. The van der Waals surface area contributed by atoms with Crippen LogP contribution >= 0.6 is 0 Å². The van der Waals surface area contributed by atoms with Crippen LogP contribution in [0.25, 0.3) is 0 Å². The van der Waals surface area contributed by atoms with Crippen LogP contribution < -0.4 is 5.43 Å². The lowest BCUT2D eigenvalue weighted by Crippen LogP contribution is -2.30. The first-order chi connectivity index (χ1) is 15.5. The van der Waals surface area contributed by atoms with E-state index in [1.165, 1.54) is 16.4 Å². The molecule has 0 aliphatic heterocycles. The molecule has 0 saturated carbocycles. The largest absolute Gasteiger partial charge is 0.462 e. The Kier molecular flexibility index (Phi) is 8.34. The Morgan fingerprint density at radius 2 is 1.88 bits per heavy atom. The third-order valence-electron chi connectivity index (χ3n) is 5.13. The fourth-order valence-electron chi connectivity index (χ4n) is 3.45. The number of aryl methyl sites for hydroxylation is 1. The van der Waals surface area contributed by atoms with Crippen molar-refractivity contribution in [3.05, 3.63) is 50.8 Å². The third-order valence-corrected chi connectivity index (χ3v) is 7.18. The third kappa shape index (κ3) is 5.40. The molecule has 2 rings (SSSR count). The average molecular weight is 480 g/mol. The molecule has 12 heteroatoms. The van der Waals surface area contributed by atoms with Crippen LogP contribution in [-0.2, 0) is 14.8 Å². The molecule has 0 saturated heterocycles. The minimum Gasteiger partial charge on any atom is -0.462 e. The van der Waals surface area contributed by atoms with Crippen LogP contribution in [0.1, 0.15) is 55.0 Å². The van der Waals surface area contributed by atoms with Crippen molar-refractivity contribution in [1.29, 1.82) is 0 Å². The first-order valence-corrected chi connectivity index (χ1v) is 11.9. The number of hydrogen-bond donors (Lipinski definition) is 2. The predicted molar refractivity (Wildman–Crippen MR) is 125 cm³/mol. The van der Waals surface area contributed by atoms with E-state index in [-0.39, 0.29) is 30.3 Å². The molecule has 11 nitrogen and oxygen atoms in total. The van der Waals surface area contributed by atoms with Crippen molar-refractivity contribution in [3.8, 4) is 0 Å². The van der Waals surface area contributed by atoms with Crippen molar-refractivity contribution in [2.24, 2.45) is 5.10 Å². The molecule has 1 aromatic carbocycles. The van der Waals surface area contributed by atoms with Crippen LogP contribution in [0, 0.1) is 24.0 Å².